The number of hydrogen-bond acceptors (Lipinski definition) is 1. The van der Waals surface area contributed by atoms with Crippen LogP contribution in [0.15, 0.2) is 0 Å². The van der Waals surface area contributed by atoms with Crippen molar-refractivity contribution in [3.05, 3.63) is 0 Å². The molecule has 0 spiro atoms. The quantitative estimate of drug-likeness (QED) is 0.242. The molecule has 0 rings (SSSR count). The summed E-state index contributed by atoms with van der Waals surface area (Å²) in [7, 11) is 0. The first-order valence-corrected chi connectivity index (χ1v) is 8.76. The molecule has 2 radical (unpaired) electrons. The van der Waals surface area contributed by atoms with Crippen LogP contribution in [-0.4, -0.2) is 44.0 Å². The Kier molecular flexibility index (Phi) is 35.4. The largest absolute Gasteiger partial charge is 1.00 e. The minimum atomic E-state index is 0. The Hall–Kier alpha value is 1.93. The zero-order valence-corrected chi connectivity index (χ0v) is 19.1. The minimum absolute atomic E-state index is 0. The molecule has 0 aromatic carbocycles. The van der Waals surface area contributed by atoms with Crippen molar-refractivity contribution < 1.29 is 34.4 Å². The van der Waals surface area contributed by atoms with Crippen LogP contribution in [-0.2, 0) is 4.79 Å². The monoisotopic (exact) mass is 330 g/mol. The van der Waals surface area contributed by atoms with Crippen LogP contribution in [0.25, 0.3) is 0 Å². The van der Waals surface area contributed by atoms with Crippen LogP contribution >= 0.6 is 0 Å². The molecule has 0 unspecified atom stereocenters. The van der Waals surface area contributed by atoms with E-state index in [1.54, 1.807) is 0 Å². The van der Waals surface area contributed by atoms with Gasteiger partial charge in [-0.3, -0.25) is 6.29 Å². The van der Waals surface area contributed by atoms with Gasteiger partial charge in [0, 0.05) is 37.7 Å². The predicted molar refractivity (Wildman–Crippen MR) is 91.0 cm³/mol. The summed E-state index contributed by atoms with van der Waals surface area (Å²) in [6.45, 7) is 2.28. The predicted octanol–water partition coefficient (Wildman–Crippen LogP) is 2.98. The van der Waals surface area contributed by atoms with Crippen molar-refractivity contribution in [3.63, 3.8) is 0 Å². The van der Waals surface area contributed by atoms with Crippen LogP contribution in [0.2, 0.25) is 0 Å². The van der Waals surface area contributed by atoms with Gasteiger partial charge in [0.05, 0.1) is 0 Å². The van der Waals surface area contributed by atoms with E-state index < -0.39 is 0 Å². The van der Waals surface area contributed by atoms with Gasteiger partial charge in [-0.25, -0.2) is 0 Å². The first-order chi connectivity index (χ1) is 9.41. The molecule has 0 aliphatic heterocycles. The summed E-state index contributed by atoms with van der Waals surface area (Å²) in [6.07, 6.45) is 23.2. The van der Waals surface area contributed by atoms with E-state index in [9.17, 15) is 4.79 Å². The summed E-state index contributed by atoms with van der Waals surface area (Å²) < 4.78 is 0. The molecule has 116 valence electrons. The molecular formula is C18H35CaNaO. The average molecular weight is 331 g/mol. The van der Waals surface area contributed by atoms with Crippen molar-refractivity contribution >= 4 is 44.0 Å². The fourth-order valence-electron chi connectivity index (χ4n) is 2.57. The first-order valence-electron chi connectivity index (χ1n) is 8.76. The average Bonchev–Trinajstić information content (AvgIpc) is 2.43. The van der Waals surface area contributed by atoms with E-state index >= 15 is 0 Å². The van der Waals surface area contributed by atoms with Gasteiger partial charge in [-0.15, -0.1) is 0 Å². The molecule has 0 fully saturated rings. The van der Waals surface area contributed by atoms with Crippen molar-refractivity contribution in [2.24, 2.45) is 0 Å². The Balaban J connectivity index is -0.00000162. The summed E-state index contributed by atoms with van der Waals surface area (Å²) in [5.41, 5.74) is 0. The molecule has 0 N–H and O–H groups in total. The molecule has 0 aromatic heterocycles. The van der Waals surface area contributed by atoms with E-state index in [0.29, 0.717) is 6.42 Å². The Morgan fingerprint density at radius 3 is 1.14 bits per heavy atom. The second-order valence-corrected chi connectivity index (χ2v) is 5.84. The van der Waals surface area contributed by atoms with Crippen molar-refractivity contribution in [1.29, 1.82) is 0 Å². The third-order valence-electron chi connectivity index (χ3n) is 3.88. The molecule has 0 aromatic rings. The van der Waals surface area contributed by atoms with Gasteiger partial charge in [0.25, 0.3) is 0 Å². The fourth-order valence-corrected chi connectivity index (χ4v) is 2.57. The second kappa shape index (κ2) is 26.8. The third-order valence-corrected chi connectivity index (χ3v) is 3.88. The summed E-state index contributed by atoms with van der Waals surface area (Å²) in [5, 5.41) is 0. The Morgan fingerprint density at radius 1 is 0.571 bits per heavy atom. The zero-order valence-electron chi connectivity index (χ0n) is 14.9. The molecule has 0 saturated carbocycles. The SMILES string of the molecule is CCCCCCCCCCCCCCCCC[C-]=O.[Ca].[Na+]. The van der Waals surface area contributed by atoms with Crippen molar-refractivity contribution in [1.82, 2.24) is 0 Å². The summed E-state index contributed by atoms with van der Waals surface area (Å²) in [4.78, 5) is 10.0. The Bertz CT molecular complexity index is 177. The topological polar surface area (TPSA) is 17.1 Å². The fraction of sp³-hybridized carbons (Fsp3) is 0.944. The van der Waals surface area contributed by atoms with Gasteiger partial charge in [0.2, 0.25) is 0 Å². The maximum Gasteiger partial charge on any atom is 1.00 e. The maximum absolute atomic E-state index is 10.0. The number of rotatable bonds is 16. The number of carbonyl (C=O) groups excluding carboxylic acids is 1. The van der Waals surface area contributed by atoms with Crippen molar-refractivity contribution in [2.75, 3.05) is 0 Å². The molecule has 0 bridgehead atoms. The molecule has 0 aliphatic rings. The van der Waals surface area contributed by atoms with Gasteiger partial charge in [0.1, 0.15) is 0 Å². The molecule has 0 aliphatic carbocycles. The van der Waals surface area contributed by atoms with Crippen molar-refractivity contribution in [2.45, 2.75) is 110 Å². The van der Waals surface area contributed by atoms with Crippen molar-refractivity contribution in [3.8, 4) is 0 Å². The van der Waals surface area contributed by atoms with E-state index in [-0.39, 0.29) is 67.3 Å². The summed E-state index contributed by atoms with van der Waals surface area (Å²) in [5.74, 6) is 0. The van der Waals surface area contributed by atoms with Gasteiger partial charge < -0.3 is 4.79 Å². The van der Waals surface area contributed by atoms with E-state index in [1.165, 1.54) is 89.9 Å². The Labute approximate surface area is 186 Å². The zero-order chi connectivity index (χ0) is 14.0. The smallest absolute Gasteiger partial charge is 0.542 e. The van der Waals surface area contributed by atoms with Gasteiger partial charge in [-0.2, -0.15) is 6.42 Å². The van der Waals surface area contributed by atoms with E-state index in [2.05, 4.69) is 6.92 Å². The molecule has 1 nitrogen and oxygen atoms in total. The molecular weight excluding hydrogens is 295 g/mol. The summed E-state index contributed by atoms with van der Waals surface area (Å²) in [6, 6.07) is 0. The van der Waals surface area contributed by atoms with Crippen LogP contribution in [0.4, 0.5) is 0 Å². The van der Waals surface area contributed by atoms with Gasteiger partial charge in [0.15, 0.2) is 0 Å². The molecule has 0 saturated heterocycles. The van der Waals surface area contributed by atoms with Crippen LogP contribution < -0.4 is 29.6 Å². The molecule has 0 atom stereocenters. The summed E-state index contributed by atoms with van der Waals surface area (Å²) >= 11 is 0. The van der Waals surface area contributed by atoms with Gasteiger partial charge in [-0.1, -0.05) is 103 Å². The first kappa shape index (κ1) is 27.8. The molecule has 21 heavy (non-hydrogen) atoms. The van der Waals surface area contributed by atoms with Crippen LogP contribution in [0, 0.1) is 0 Å². The Morgan fingerprint density at radius 2 is 0.857 bits per heavy atom. The number of hydrogen-bond donors (Lipinski definition) is 0. The standard InChI is InChI=1S/C18H35O.Ca.Na/c1-2-3-4-5-6-7-8-9-10-11-12-13-14-15-16-17-18-19;;/h2-17H2,1H3;;/q-1;;+1. The minimum Gasteiger partial charge on any atom is -0.542 e. The van der Waals surface area contributed by atoms with E-state index in [0.717, 1.165) is 6.42 Å². The molecule has 3 heteroatoms. The van der Waals surface area contributed by atoms with E-state index in [4.69, 9.17) is 0 Å². The number of unbranched alkanes of at least 4 members (excludes halogenated alkanes) is 15. The van der Waals surface area contributed by atoms with Gasteiger partial charge in [-0.05, 0) is 0 Å². The molecule has 0 amide bonds. The second-order valence-electron chi connectivity index (χ2n) is 5.84. The van der Waals surface area contributed by atoms with Crippen LogP contribution in [0.5, 0.6) is 0 Å². The van der Waals surface area contributed by atoms with Gasteiger partial charge >= 0.3 is 29.6 Å². The molecule has 0 heterocycles. The van der Waals surface area contributed by atoms with E-state index in [1.807, 2.05) is 6.29 Å². The maximum atomic E-state index is 10.0. The normalized spacial score (nSPS) is 9.76. The van der Waals surface area contributed by atoms with Crippen LogP contribution in [0.1, 0.15) is 110 Å². The third kappa shape index (κ3) is 27.1. The van der Waals surface area contributed by atoms with Crippen LogP contribution in [0.3, 0.4) is 0 Å².